The molecule has 0 fully saturated rings. The van der Waals surface area contributed by atoms with Crippen LogP contribution in [0.25, 0.3) is 11.1 Å². The van der Waals surface area contributed by atoms with Crippen molar-refractivity contribution in [2.24, 2.45) is 0 Å². The number of rotatable bonds is 5. The highest BCUT2D eigenvalue weighted by Crippen LogP contribution is 2.44. The summed E-state index contributed by atoms with van der Waals surface area (Å²) >= 11 is 0. The Balaban J connectivity index is 1.58. The van der Waals surface area contributed by atoms with Crippen LogP contribution in [0, 0.1) is 0 Å². The van der Waals surface area contributed by atoms with Crippen LogP contribution in [-0.4, -0.2) is 30.6 Å². The molecule has 3 rings (SSSR count). The highest BCUT2D eigenvalue weighted by Gasteiger charge is 2.29. The van der Waals surface area contributed by atoms with Gasteiger partial charge in [-0.25, -0.2) is 9.59 Å². The van der Waals surface area contributed by atoms with Gasteiger partial charge in [-0.05, 0) is 29.2 Å². The minimum atomic E-state index is -0.916. The molecule has 0 saturated carbocycles. The number of amides is 2. The quantitative estimate of drug-likeness (QED) is 0.776. The normalized spacial score (nSPS) is 13.1. The van der Waals surface area contributed by atoms with Crippen molar-refractivity contribution >= 4 is 18.0 Å². The van der Waals surface area contributed by atoms with Crippen LogP contribution < -0.4 is 10.8 Å². The van der Waals surface area contributed by atoms with Crippen molar-refractivity contribution in [1.82, 2.24) is 10.8 Å². The van der Waals surface area contributed by atoms with E-state index in [1.807, 2.05) is 41.9 Å². The average Bonchev–Trinajstić information content (AvgIpc) is 3.04. The summed E-state index contributed by atoms with van der Waals surface area (Å²) in [6, 6.07) is 15.1. The fourth-order valence-electron chi connectivity index (χ4n) is 3.15. The number of benzene rings is 2. The van der Waals surface area contributed by atoms with Gasteiger partial charge >= 0.3 is 12.1 Å². The number of hydrogen-bond donors (Lipinski definition) is 2. The van der Waals surface area contributed by atoms with Gasteiger partial charge in [0.05, 0.1) is 0 Å². The van der Waals surface area contributed by atoms with E-state index in [4.69, 9.17) is 4.74 Å². The number of nitrogens with one attached hydrogen (secondary N) is 2. The minimum absolute atomic E-state index is 0.0622. The Morgan fingerprint density at radius 1 is 1.00 bits per heavy atom. The second-order valence-corrected chi connectivity index (χ2v) is 6.49. The third kappa shape index (κ3) is 4.14. The summed E-state index contributed by atoms with van der Waals surface area (Å²) in [4.78, 5) is 39.5. The van der Waals surface area contributed by atoms with E-state index in [-0.39, 0.29) is 18.9 Å². The minimum Gasteiger partial charge on any atom is -0.449 e. The van der Waals surface area contributed by atoms with E-state index in [0.29, 0.717) is 0 Å². The van der Waals surface area contributed by atoms with Gasteiger partial charge in [0.1, 0.15) is 12.6 Å². The molecule has 2 N–H and O–H groups in total. The summed E-state index contributed by atoms with van der Waals surface area (Å²) in [6.45, 7) is 3.22. The van der Waals surface area contributed by atoms with Crippen LogP contribution in [-0.2, 0) is 19.2 Å². The van der Waals surface area contributed by atoms with Gasteiger partial charge in [0.2, 0.25) is 0 Å². The Morgan fingerprint density at radius 3 is 2.14 bits per heavy atom. The first-order valence-electron chi connectivity index (χ1n) is 9.12. The van der Waals surface area contributed by atoms with Crippen molar-refractivity contribution in [3.05, 3.63) is 59.7 Å². The van der Waals surface area contributed by atoms with Crippen LogP contribution in [0.2, 0.25) is 0 Å². The van der Waals surface area contributed by atoms with E-state index in [1.165, 1.54) is 6.92 Å². The molecule has 0 spiro atoms. The Kier molecular flexibility index (Phi) is 5.93. The van der Waals surface area contributed by atoms with E-state index in [0.717, 1.165) is 22.3 Å². The van der Waals surface area contributed by atoms with E-state index in [2.05, 4.69) is 22.3 Å². The summed E-state index contributed by atoms with van der Waals surface area (Å²) < 4.78 is 5.37. The summed E-state index contributed by atoms with van der Waals surface area (Å²) in [5.74, 6) is -1.27. The predicted octanol–water partition coefficient (Wildman–Crippen LogP) is 2.90. The zero-order valence-corrected chi connectivity index (χ0v) is 15.7. The maximum atomic E-state index is 12.1. The van der Waals surface area contributed by atoms with Crippen molar-refractivity contribution in [3.63, 3.8) is 0 Å². The molecule has 146 valence electrons. The Bertz CT molecular complexity index is 850. The standard InChI is InChI=1S/C21H22N2O5/c1-3-19(24)28-23-20(25)13(2)22-21(26)27-12-18-16-10-6-4-8-14(16)15-9-5-7-11-17(15)18/h4-11,13,18H,3,12H2,1-2H3,(H,22,26)(H,23,25)/t13-/m0/s1. The molecule has 0 bridgehead atoms. The van der Waals surface area contributed by atoms with Crippen LogP contribution in [0.5, 0.6) is 0 Å². The lowest BCUT2D eigenvalue weighted by molar-refractivity contribution is -0.158. The third-order valence-electron chi connectivity index (χ3n) is 4.63. The van der Waals surface area contributed by atoms with Gasteiger partial charge in [0.15, 0.2) is 0 Å². The first-order chi connectivity index (χ1) is 13.5. The maximum absolute atomic E-state index is 12.1. The zero-order chi connectivity index (χ0) is 20.1. The van der Waals surface area contributed by atoms with E-state index in [9.17, 15) is 14.4 Å². The molecule has 7 heteroatoms. The van der Waals surface area contributed by atoms with Crippen LogP contribution in [0.3, 0.4) is 0 Å². The molecule has 2 aromatic carbocycles. The van der Waals surface area contributed by atoms with Crippen molar-refractivity contribution in [2.45, 2.75) is 32.2 Å². The molecule has 2 aromatic rings. The summed E-state index contributed by atoms with van der Waals surface area (Å²) in [5.41, 5.74) is 6.49. The SMILES string of the molecule is CCC(=O)ONC(=O)[C@H](C)NC(=O)OCC1c2ccccc2-c2ccccc21. The fraction of sp³-hybridized carbons (Fsp3) is 0.286. The third-order valence-corrected chi connectivity index (χ3v) is 4.63. The monoisotopic (exact) mass is 382 g/mol. The molecule has 1 aliphatic carbocycles. The molecule has 0 aliphatic heterocycles. The molecule has 2 amide bonds. The average molecular weight is 382 g/mol. The molecule has 0 aromatic heterocycles. The second kappa shape index (κ2) is 8.56. The highest BCUT2D eigenvalue weighted by molar-refractivity contribution is 5.85. The summed E-state index contributed by atoms with van der Waals surface area (Å²) in [7, 11) is 0. The van der Waals surface area contributed by atoms with Gasteiger partial charge < -0.3 is 14.9 Å². The van der Waals surface area contributed by atoms with Crippen molar-refractivity contribution < 1.29 is 24.0 Å². The second-order valence-electron chi connectivity index (χ2n) is 6.49. The van der Waals surface area contributed by atoms with Gasteiger partial charge in [-0.2, -0.15) is 5.48 Å². The molecular formula is C21H22N2O5. The molecule has 28 heavy (non-hydrogen) atoms. The maximum Gasteiger partial charge on any atom is 0.407 e. The van der Waals surface area contributed by atoms with Crippen molar-refractivity contribution in [3.8, 4) is 11.1 Å². The van der Waals surface area contributed by atoms with Crippen LogP contribution in [0.4, 0.5) is 4.79 Å². The number of fused-ring (bicyclic) bond motifs is 3. The largest absolute Gasteiger partial charge is 0.449 e. The van der Waals surface area contributed by atoms with E-state index in [1.54, 1.807) is 6.92 Å². The van der Waals surface area contributed by atoms with Gasteiger partial charge in [-0.1, -0.05) is 55.5 Å². The predicted molar refractivity (Wildman–Crippen MR) is 102 cm³/mol. The molecule has 0 saturated heterocycles. The van der Waals surface area contributed by atoms with Crippen LogP contribution in [0.1, 0.15) is 37.3 Å². The first kappa shape index (κ1) is 19.4. The van der Waals surface area contributed by atoms with E-state index >= 15 is 0 Å². The Hall–Kier alpha value is -3.35. The zero-order valence-electron chi connectivity index (χ0n) is 15.7. The Morgan fingerprint density at radius 2 is 1.57 bits per heavy atom. The number of carbonyl (C=O) groups is 3. The summed E-state index contributed by atoms with van der Waals surface area (Å²) in [6.07, 6.45) is -0.583. The Labute approximate surface area is 163 Å². The number of alkyl carbamates (subject to hydrolysis) is 1. The lowest BCUT2D eigenvalue weighted by Gasteiger charge is -2.17. The molecule has 1 atom stereocenters. The van der Waals surface area contributed by atoms with Gasteiger partial charge in [0.25, 0.3) is 5.91 Å². The van der Waals surface area contributed by atoms with E-state index < -0.39 is 24.0 Å². The molecular weight excluding hydrogens is 360 g/mol. The first-order valence-corrected chi connectivity index (χ1v) is 9.12. The van der Waals surface area contributed by atoms with Gasteiger partial charge in [-0.15, -0.1) is 0 Å². The molecule has 7 nitrogen and oxygen atoms in total. The number of hydrogen-bond acceptors (Lipinski definition) is 5. The summed E-state index contributed by atoms with van der Waals surface area (Å²) in [5, 5.41) is 2.43. The molecule has 0 heterocycles. The van der Waals surface area contributed by atoms with Gasteiger partial charge in [0, 0.05) is 12.3 Å². The topological polar surface area (TPSA) is 93.7 Å². The molecule has 0 radical (unpaired) electrons. The molecule has 0 unspecified atom stereocenters. The van der Waals surface area contributed by atoms with Crippen molar-refractivity contribution in [2.75, 3.05) is 6.61 Å². The van der Waals surface area contributed by atoms with Gasteiger partial charge in [-0.3, -0.25) is 4.79 Å². The van der Waals surface area contributed by atoms with Crippen LogP contribution >= 0.6 is 0 Å². The van der Waals surface area contributed by atoms with Crippen molar-refractivity contribution in [1.29, 1.82) is 0 Å². The fourth-order valence-corrected chi connectivity index (χ4v) is 3.15. The number of carbonyl (C=O) groups excluding carboxylic acids is 3. The number of hydroxylamine groups is 1. The number of ether oxygens (including phenoxy) is 1. The lowest BCUT2D eigenvalue weighted by atomic mass is 9.98. The van der Waals surface area contributed by atoms with Crippen LogP contribution in [0.15, 0.2) is 48.5 Å². The smallest absolute Gasteiger partial charge is 0.407 e. The molecule has 1 aliphatic rings. The highest BCUT2D eigenvalue weighted by atomic mass is 16.7. The lowest BCUT2D eigenvalue weighted by Crippen LogP contribution is -2.45.